The van der Waals surface area contributed by atoms with Crippen LogP contribution in [0.15, 0.2) is 70.3 Å². The lowest BCUT2D eigenvalue weighted by molar-refractivity contribution is -0.129. The van der Waals surface area contributed by atoms with Crippen LogP contribution >= 0.6 is 0 Å². The average Bonchev–Trinajstić information content (AvgIpc) is 3.44. The lowest BCUT2D eigenvalue weighted by atomic mass is 9.95. The van der Waals surface area contributed by atoms with Gasteiger partial charge in [-0.05, 0) is 36.2 Å². The number of ether oxygens (including phenoxy) is 2. The van der Waals surface area contributed by atoms with Gasteiger partial charge in [-0.1, -0.05) is 30.3 Å². The van der Waals surface area contributed by atoms with Gasteiger partial charge < -0.3 is 23.9 Å². The number of hydrogen-bond acceptors (Lipinski definition) is 7. The van der Waals surface area contributed by atoms with Gasteiger partial charge in [0.15, 0.2) is 11.5 Å². The van der Waals surface area contributed by atoms with Gasteiger partial charge in [-0.25, -0.2) is 0 Å². The monoisotopic (exact) mass is 476 g/mol. The fourth-order valence-electron chi connectivity index (χ4n) is 4.76. The predicted octanol–water partition coefficient (Wildman–Crippen LogP) is 3.74. The van der Waals surface area contributed by atoms with Gasteiger partial charge in [0.25, 0.3) is 5.91 Å². The first-order chi connectivity index (χ1) is 17.1. The molecule has 0 saturated carbocycles. The smallest absolute Gasteiger partial charge is 0.290 e. The lowest BCUT2D eigenvalue weighted by Crippen LogP contribution is -2.39. The molecule has 2 aliphatic rings. The number of morpholine rings is 1. The largest absolute Gasteiger partial charge is 0.503 e. The summed E-state index contributed by atoms with van der Waals surface area (Å²) in [6.45, 7) is 4.32. The number of para-hydroxylation sites is 1. The number of nitrogens with zero attached hydrogens (tertiary/aromatic N) is 2. The fourth-order valence-corrected chi connectivity index (χ4v) is 4.76. The van der Waals surface area contributed by atoms with Crippen molar-refractivity contribution in [3.63, 3.8) is 0 Å². The Labute approximate surface area is 203 Å². The highest BCUT2D eigenvalue weighted by Crippen LogP contribution is 2.40. The van der Waals surface area contributed by atoms with Crippen molar-refractivity contribution < 1.29 is 28.6 Å². The van der Waals surface area contributed by atoms with Crippen molar-refractivity contribution in [1.82, 2.24) is 9.80 Å². The molecule has 2 aromatic carbocycles. The average molecular weight is 477 g/mol. The molecule has 0 aliphatic carbocycles. The Hall–Kier alpha value is -3.62. The van der Waals surface area contributed by atoms with Crippen LogP contribution in [0.25, 0.3) is 11.0 Å². The van der Waals surface area contributed by atoms with Gasteiger partial charge in [0.1, 0.15) is 11.3 Å². The molecule has 0 unspecified atom stereocenters. The summed E-state index contributed by atoms with van der Waals surface area (Å²) in [5.41, 5.74) is 1.32. The zero-order valence-electron chi connectivity index (χ0n) is 19.6. The van der Waals surface area contributed by atoms with Crippen LogP contribution in [0.3, 0.4) is 0 Å². The number of Topliss-reactive ketones (excluding diaryl/α,β-unsaturated/α-hetero) is 1. The number of furan rings is 1. The molecule has 1 aromatic heterocycles. The number of amides is 1. The summed E-state index contributed by atoms with van der Waals surface area (Å²) in [5.74, 6) is -0.817. The Balaban J connectivity index is 1.45. The molecule has 8 nitrogen and oxygen atoms in total. The highest BCUT2D eigenvalue weighted by atomic mass is 16.5. The van der Waals surface area contributed by atoms with E-state index < -0.39 is 23.5 Å². The van der Waals surface area contributed by atoms with E-state index in [0.29, 0.717) is 43.1 Å². The zero-order valence-corrected chi connectivity index (χ0v) is 19.6. The molecule has 182 valence electrons. The van der Waals surface area contributed by atoms with Crippen molar-refractivity contribution in [3.05, 3.63) is 77.3 Å². The van der Waals surface area contributed by atoms with Crippen LogP contribution < -0.4 is 4.74 Å². The first-order valence-electron chi connectivity index (χ1n) is 11.8. The van der Waals surface area contributed by atoms with Crippen LogP contribution in [-0.4, -0.2) is 73.1 Å². The highest BCUT2D eigenvalue weighted by molar-refractivity contribution is 6.16. The number of rotatable bonds is 8. The van der Waals surface area contributed by atoms with E-state index in [4.69, 9.17) is 13.9 Å². The summed E-state index contributed by atoms with van der Waals surface area (Å²) >= 11 is 0. The second-order valence-electron chi connectivity index (χ2n) is 8.72. The third kappa shape index (κ3) is 4.54. The summed E-state index contributed by atoms with van der Waals surface area (Å²) < 4.78 is 16.5. The van der Waals surface area contributed by atoms with Crippen LogP contribution in [0, 0.1) is 0 Å². The Morgan fingerprint density at radius 3 is 2.54 bits per heavy atom. The molecule has 1 saturated heterocycles. The molecule has 1 N–H and O–H groups in total. The molecule has 5 rings (SSSR count). The van der Waals surface area contributed by atoms with Crippen molar-refractivity contribution in [1.29, 1.82) is 0 Å². The number of methoxy groups -OCH3 is 1. The summed E-state index contributed by atoms with van der Waals surface area (Å²) in [7, 11) is 1.58. The van der Waals surface area contributed by atoms with Gasteiger partial charge in [-0.15, -0.1) is 0 Å². The number of ketones is 1. The van der Waals surface area contributed by atoms with Crippen molar-refractivity contribution in [2.75, 3.05) is 46.5 Å². The molecule has 1 amide bonds. The second-order valence-corrected chi connectivity index (χ2v) is 8.72. The van der Waals surface area contributed by atoms with E-state index in [-0.39, 0.29) is 11.3 Å². The first-order valence-corrected chi connectivity index (χ1v) is 11.8. The number of hydrogen-bond donors (Lipinski definition) is 1. The van der Waals surface area contributed by atoms with E-state index in [2.05, 4.69) is 4.90 Å². The standard InChI is InChI=1S/C27H28N2O6/c1-33-20-9-7-18(8-10-20)24-23(25(30)22-17-19-5-2-3-6-21(19)35-22)26(31)27(32)29(24)12-4-11-28-13-15-34-16-14-28/h2-3,5-10,17,24,31H,4,11-16H2,1H3/t24-/m1/s1. The van der Waals surface area contributed by atoms with Gasteiger partial charge in [-0.3, -0.25) is 14.5 Å². The molecule has 3 heterocycles. The third-order valence-electron chi connectivity index (χ3n) is 6.61. The lowest BCUT2D eigenvalue weighted by Gasteiger charge is -2.30. The Bertz CT molecular complexity index is 1220. The molecule has 2 aliphatic heterocycles. The Morgan fingerprint density at radius 2 is 1.83 bits per heavy atom. The Morgan fingerprint density at radius 1 is 1.09 bits per heavy atom. The molecule has 1 fully saturated rings. The minimum absolute atomic E-state index is 0.0330. The number of aliphatic hydroxyl groups is 1. The predicted molar refractivity (Wildman–Crippen MR) is 130 cm³/mol. The molecular formula is C27H28N2O6. The number of aliphatic hydroxyl groups excluding tert-OH is 1. The summed E-state index contributed by atoms with van der Waals surface area (Å²) in [6, 6.07) is 15.4. The molecule has 0 spiro atoms. The molecule has 0 bridgehead atoms. The Kier molecular flexibility index (Phi) is 6.57. The highest BCUT2D eigenvalue weighted by Gasteiger charge is 2.44. The quantitative estimate of drug-likeness (QED) is 0.495. The van der Waals surface area contributed by atoms with E-state index in [1.165, 1.54) is 0 Å². The summed E-state index contributed by atoms with van der Waals surface area (Å²) in [4.78, 5) is 30.7. The number of fused-ring (bicyclic) bond motifs is 1. The minimum Gasteiger partial charge on any atom is -0.503 e. The summed E-state index contributed by atoms with van der Waals surface area (Å²) in [5, 5.41) is 11.7. The first kappa shape index (κ1) is 23.1. The van der Waals surface area contributed by atoms with Gasteiger partial charge in [-0.2, -0.15) is 0 Å². The van der Waals surface area contributed by atoms with Crippen molar-refractivity contribution in [2.45, 2.75) is 12.5 Å². The van der Waals surface area contributed by atoms with Crippen LogP contribution in [0.4, 0.5) is 0 Å². The van der Waals surface area contributed by atoms with Crippen molar-refractivity contribution in [2.24, 2.45) is 0 Å². The fraction of sp³-hybridized carbons (Fsp3) is 0.333. The van der Waals surface area contributed by atoms with Crippen LogP contribution in [0.5, 0.6) is 5.75 Å². The zero-order chi connectivity index (χ0) is 24.4. The van der Waals surface area contributed by atoms with E-state index >= 15 is 0 Å². The third-order valence-corrected chi connectivity index (χ3v) is 6.61. The molecule has 0 radical (unpaired) electrons. The number of carbonyl (C=O) groups excluding carboxylic acids is 2. The van der Waals surface area contributed by atoms with Crippen molar-refractivity contribution in [3.8, 4) is 5.75 Å². The molecular weight excluding hydrogens is 448 g/mol. The molecule has 1 atom stereocenters. The SMILES string of the molecule is COc1ccc([C@@H]2C(C(=O)c3cc4ccccc4o3)=C(O)C(=O)N2CCCN2CCOCC2)cc1. The van der Waals surface area contributed by atoms with Crippen LogP contribution in [0.1, 0.15) is 28.6 Å². The number of benzene rings is 2. The minimum atomic E-state index is -0.723. The van der Waals surface area contributed by atoms with Crippen molar-refractivity contribution >= 4 is 22.7 Å². The van der Waals surface area contributed by atoms with E-state index in [1.54, 1.807) is 36.3 Å². The van der Waals surface area contributed by atoms with Crippen LogP contribution in [-0.2, 0) is 9.53 Å². The van der Waals surface area contributed by atoms with E-state index in [1.807, 2.05) is 30.3 Å². The maximum atomic E-state index is 13.6. The number of carbonyl (C=O) groups is 2. The normalized spacial score (nSPS) is 19.1. The van der Waals surface area contributed by atoms with Crippen LogP contribution in [0.2, 0.25) is 0 Å². The van der Waals surface area contributed by atoms with E-state index in [0.717, 1.165) is 25.0 Å². The molecule has 3 aromatic rings. The van der Waals surface area contributed by atoms with Gasteiger partial charge in [0.2, 0.25) is 5.78 Å². The van der Waals surface area contributed by atoms with Gasteiger partial charge in [0.05, 0.1) is 31.9 Å². The maximum Gasteiger partial charge on any atom is 0.290 e. The molecule has 8 heteroatoms. The second kappa shape index (κ2) is 9.93. The van der Waals surface area contributed by atoms with Gasteiger partial charge in [0, 0.05) is 31.6 Å². The topological polar surface area (TPSA) is 92.5 Å². The van der Waals surface area contributed by atoms with E-state index in [9.17, 15) is 14.7 Å². The van der Waals surface area contributed by atoms with Gasteiger partial charge >= 0.3 is 0 Å². The molecule has 35 heavy (non-hydrogen) atoms. The summed E-state index contributed by atoms with van der Waals surface area (Å²) in [6.07, 6.45) is 0.706. The maximum absolute atomic E-state index is 13.6.